The van der Waals surface area contributed by atoms with Gasteiger partial charge >= 0.3 is 0 Å². The zero-order chi connectivity index (χ0) is 17.3. The van der Waals surface area contributed by atoms with Gasteiger partial charge < -0.3 is 15.3 Å². The number of aryl methyl sites for hydroxylation is 2. The van der Waals surface area contributed by atoms with E-state index in [1.807, 2.05) is 30.3 Å². The summed E-state index contributed by atoms with van der Waals surface area (Å²) < 4.78 is 0. The minimum Gasteiger partial charge on any atom is -0.508 e. The third-order valence-electron chi connectivity index (χ3n) is 4.42. The molecule has 0 saturated heterocycles. The van der Waals surface area contributed by atoms with Crippen molar-refractivity contribution in [2.75, 3.05) is 0 Å². The molecule has 3 rings (SSSR count). The van der Waals surface area contributed by atoms with Crippen LogP contribution in [0, 0.1) is 13.8 Å². The van der Waals surface area contributed by atoms with Gasteiger partial charge in [-0.1, -0.05) is 42.5 Å². The molecule has 24 heavy (non-hydrogen) atoms. The molecular weight excluding hydrogens is 300 g/mol. The lowest BCUT2D eigenvalue weighted by Gasteiger charge is -2.31. The molecule has 0 fully saturated rings. The summed E-state index contributed by atoms with van der Waals surface area (Å²) in [4.78, 5) is 0. The summed E-state index contributed by atoms with van der Waals surface area (Å²) in [5.74, 6) is 0.382. The van der Waals surface area contributed by atoms with Gasteiger partial charge in [0, 0.05) is 0 Å². The van der Waals surface area contributed by atoms with Crippen LogP contribution in [0.4, 0.5) is 0 Å². The van der Waals surface area contributed by atoms with Crippen molar-refractivity contribution in [2.45, 2.75) is 19.4 Å². The zero-order valence-electron chi connectivity index (χ0n) is 13.7. The average Bonchev–Trinajstić information content (AvgIpc) is 2.60. The van der Waals surface area contributed by atoms with E-state index in [-0.39, 0.29) is 11.5 Å². The van der Waals surface area contributed by atoms with Crippen molar-refractivity contribution in [2.24, 2.45) is 0 Å². The van der Waals surface area contributed by atoms with Crippen LogP contribution >= 0.6 is 0 Å². The maximum atomic E-state index is 11.7. The van der Waals surface area contributed by atoms with Gasteiger partial charge in [0.1, 0.15) is 17.1 Å². The number of aliphatic hydroxyl groups is 1. The maximum Gasteiger partial charge on any atom is 0.140 e. The Hall–Kier alpha value is -2.78. The monoisotopic (exact) mass is 320 g/mol. The first kappa shape index (κ1) is 16.1. The van der Waals surface area contributed by atoms with Crippen LogP contribution in [0.5, 0.6) is 11.5 Å². The Morgan fingerprint density at radius 1 is 0.625 bits per heavy atom. The van der Waals surface area contributed by atoms with Crippen LogP contribution in [-0.4, -0.2) is 15.3 Å². The minimum absolute atomic E-state index is 0.191. The minimum atomic E-state index is -1.38. The Bertz CT molecular complexity index is 818. The van der Waals surface area contributed by atoms with Gasteiger partial charge in [0.2, 0.25) is 0 Å². The van der Waals surface area contributed by atoms with E-state index in [1.165, 1.54) is 0 Å². The zero-order valence-corrected chi connectivity index (χ0v) is 13.7. The van der Waals surface area contributed by atoms with E-state index in [2.05, 4.69) is 0 Å². The van der Waals surface area contributed by atoms with Crippen molar-refractivity contribution in [1.82, 2.24) is 0 Å². The Morgan fingerprint density at radius 3 is 1.50 bits per heavy atom. The molecule has 0 aliphatic carbocycles. The number of rotatable bonds is 3. The topological polar surface area (TPSA) is 60.7 Å². The van der Waals surface area contributed by atoms with E-state index in [9.17, 15) is 15.3 Å². The van der Waals surface area contributed by atoms with Crippen LogP contribution in [0.15, 0.2) is 66.7 Å². The summed E-state index contributed by atoms with van der Waals surface area (Å²) in [6.45, 7) is 3.60. The van der Waals surface area contributed by atoms with Gasteiger partial charge in [-0.15, -0.1) is 0 Å². The lowest BCUT2D eigenvalue weighted by Crippen LogP contribution is -2.29. The second-order valence-corrected chi connectivity index (χ2v) is 6.08. The molecule has 0 spiro atoms. The molecule has 0 bridgehead atoms. The predicted molar refractivity (Wildman–Crippen MR) is 94.2 cm³/mol. The van der Waals surface area contributed by atoms with Gasteiger partial charge in [-0.05, 0) is 65.9 Å². The molecule has 0 atom stereocenters. The van der Waals surface area contributed by atoms with Gasteiger partial charge in [0.25, 0.3) is 0 Å². The molecule has 122 valence electrons. The molecule has 0 saturated carbocycles. The molecule has 0 heterocycles. The third kappa shape index (κ3) is 2.63. The Kier molecular flexibility index (Phi) is 4.04. The van der Waals surface area contributed by atoms with Gasteiger partial charge in [-0.3, -0.25) is 0 Å². The van der Waals surface area contributed by atoms with Crippen LogP contribution in [-0.2, 0) is 5.60 Å². The van der Waals surface area contributed by atoms with Gasteiger partial charge in [0.15, 0.2) is 0 Å². The molecule has 0 aliphatic rings. The average molecular weight is 320 g/mol. The fourth-order valence-corrected chi connectivity index (χ4v) is 2.94. The van der Waals surface area contributed by atoms with Gasteiger partial charge in [-0.25, -0.2) is 0 Å². The molecule has 0 aromatic heterocycles. The normalized spacial score (nSPS) is 11.5. The highest BCUT2D eigenvalue weighted by Crippen LogP contribution is 2.39. The van der Waals surface area contributed by atoms with Gasteiger partial charge in [0.05, 0.1) is 0 Å². The standard InChI is InChI=1S/C21H20O3/c1-14-12-17(8-10-19(14)22)21(24,16-6-4-3-5-7-16)18-9-11-20(23)15(2)13-18/h3-13,22-24H,1-2H3. The van der Waals surface area contributed by atoms with Crippen molar-refractivity contribution < 1.29 is 15.3 Å². The molecule has 0 aliphatic heterocycles. The molecule has 3 heteroatoms. The summed E-state index contributed by atoms with van der Waals surface area (Å²) in [5.41, 5.74) is 2.05. The number of phenolic OH excluding ortho intramolecular Hbond substituents is 2. The van der Waals surface area contributed by atoms with E-state index >= 15 is 0 Å². The lowest BCUT2D eigenvalue weighted by molar-refractivity contribution is 0.125. The maximum absolute atomic E-state index is 11.7. The number of hydrogen-bond donors (Lipinski definition) is 3. The molecule has 3 N–H and O–H groups in total. The van der Waals surface area contributed by atoms with Crippen LogP contribution < -0.4 is 0 Å². The van der Waals surface area contributed by atoms with Gasteiger partial charge in [-0.2, -0.15) is 0 Å². The van der Waals surface area contributed by atoms with Crippen molar-refractivity contribution in [3.05, 3.63) is 94.5 Å². The number of phenols is 2. The molecule has 0 radical (unpaired) electrons. The highest BCUT2D eigenvalue weighted by molar-refractivity contribution is 5.51. The Labute approximate surface area is 141 Å². The second-order valence-electron chi connectivity index (χ2n) is 6.08. The number of hydrogen-bond acceptors (Lipinski definition) is 3. The summed E-state index contributed by atoms with van der Waals surface area (Å²) in [6, 6.07) is 19.6. The quantitative estimate of drug-likeness (QED) is 0.639. The fourth-order valence-electron chi connectivity index (χ4n) is 2.94. The van der Waals surface area contributed by atoms with E-state index in [4.69, 9.17) is 0 Å². The van der Waals surface area contributed by atoms with Crippen molar-refractivity contribution >= 4 is 0 Å². The highest BCUT2D eigenvalue weighted by Gasteiger charge is 2.34. The number of benzene rings is 3. The first-order valence-electron chi connectivity index (χ1n) is 7.81. The molecule has 3 nitrogen and oxygen atoms in total. The Balaban J connectivity index is 2.28. The number of aromatic hydroxyl groups is 2. The summed E-state index contributed by atoms with van der Waals surface area (Å²) >= 11 is 0. The van der Waals surface area contributed by atoms with Crippen molar-refractivity contribution in [3.63, 3.8) is 0 Å². The lowest BCUT2D eigenvalue weighted by atomic mass is 9.79. The van der Waals surface area contributed by atoms with Crippen molar-refractivity contribution in [1.29, 1.82) is 0 Å². The fraction of sp³-hybridized carbons (Fsp3) is 0.143. The highest BCUT2D eigenvalue weighted by atomic mass is 16.3. The second kappa shape index (κ2) is 6.02. The first-order chi connectivity index (χ1) is 11.4. The van der Waals surface area contributed by atoms with E-state index in [1.54, 1.807) is 50.2 Å². The summed E-state index contributed by atoms with van der Waals surface area (Å²) in [7, 11) is 0. The summed E-state index contributed by atoms with van der Waals surface area (Å²) in [6.07, 6.45) is 0. The van der Waals surface area contributed by atoms with Crippen LogP contribution in [0.2, 0.25) is 0 Å². The SMILES string of the molecule is Cc1cc(C(O)(c2ccccc2)c2ccc(O)c(C)c2)ccc1O. The molecule has 0 amide bonds. The smallest absolute Gasteiger partial charge is 0.140 e. The molecular formula is C21H20O3. The van der Waals surface area contributed by atoms with E-state index in [0.29, 0.717) is 22.3 Å². The summed E-state index contributed by atoms with van der Waals surface area (Å²) in [5, 5.41) is 31.3. The molecule has 0 unspecified atom stereocenters. The predicted octanol–water partition coefficient (Wildman–Crippen LogP) is 4.00. The Morgan fingerprint density at radius 2 is 1.08 bits per heavy atom. The van der Waals surface area contributed by atoms with E-state index in [0.717, 1.165) is 5.56 Å². The molecule has 3 aromatic carbocycles. The van der Waals surface area contributed by atoms with Crippen LogP contribution in [0.3, 0.4) is 0 Å². The first-order valence-corrected chi connectivity index (χ1v) is 7.81. The van der Waals surface area contributed by atoms with Crippen molar-refractivity contribution in [3.8, 4) is 11.5 Å². The third-order valence-corrected chi connectivity index (χ3v) is 4.42. The van der Waals surface area contributed by atoms with Crippen LogP contribution in [0.25, 0.3) is 0 Å². The van der Waals surface area contributed by atoms with Crippen LogP contribution in [0.1, 0.15) is 27.8 Å². The largest absolute Gasteiger partial charge is 0.508 e. The van der Waals surface area contributed by atoms with E-state index < -0.39 is 5.60 Å². The molecule has 3 aromatic rings.